The number of carbonyl (C=O) groups excluding carboxylic acids is 1. The molecule has 0 aliphatic rings. The van der Waals surface area contributed by atoms with E-state index < -0.39 is 5.97 Å². The van der Waals surface area contributed by atoms with Crippen molar-refractivity contribution in [2.75, 3.05) is 6.54 Å². The van der Waals surface area contributed by atoms with E-state index in [2.05, 4.69) is 10.5 Å². The summed E-state index contributed by atoms with van der Waals surface area (Å²) in [5.41, 5.74) is 0.374. The number of nitroso groups, excluding NO2 is 1. The highest BCUT2D eigenvalue weighted by Gasteiger charge is 2.16. The molecular weight excluding hydrogens is 284 g/mol. The number of hydrogen-bond acceptors (Lipinski definition) is 4. The quantitative estimate of drug-likeness (QED) is 0.684. The highest BCUT2D eigenvalue weighted by Crippen LogP contribution is 2.19. The van der Waals surface area contributed by atoms with Crippen LogP contribution in [0.2, 0.25) is 0 Å². The van der Waals surface area contributed by atoms with Gasteiger partial charge in [-0.1, -0.05) is 32.4 Å². The summed E-state index contributed by atoms with van der Waals surface area (Å²) in [4.78, 5) is 33.6. The van der Waals surface area contributed by atoms with Crippen molar-refractivity contribution in [3.05, 3.63) is 34.7 Å². The minimum Gasteiger partial charge on any atom is -0.481 e. The number of benzene rings is 1. The number of nitrogens with one attached hydrogen (secondary N) is 1. The molecule has 6 nitrogen and oxygen atoms in total. The van der Waals surface area contributed by atoms with Gasteiger partial charge in [0.15, 0.2) is 0 Å². The van der Waals surface area contributed by atoms with Crippen LogP contribution in [0.4, 0.5) is 5.69 Å². The summed E-state index contributed by atoms with van der Waals surface area (Å²) in [7, 11) is 0. The van der Waals surface area contributed by atoms with Crippen molar-refractivity contribution in [2.45, 2.75) is 33.1 Å². The van der Waals surface area contributed by atoms with Gasteiger partial charge in [-0.3, -0.25) is 9.59 Å². The first-order valence-electron chi connectivity index (χ1n) is 7.43. The number of nitrogens with zero attached hydrogens (tertiary/aromatic N) is 1. The minimum atomic E-state index is -0.801. The first-order valence-corrected chi connectivity index (χ1v) is 7.43. The molecule has 0 aliphatic heterocycles. The molecule has 120 valence electrons. The third-order valence-electron chi connectivity index (χ3n) is 3.81. The molecule has 0 fully saturated rings. The number of aliphatic carboxylic acids is 1. The molecule has 0 heterocycles. The Hall–Kier alpha value is -2.24. The summed E-state index contributed by atoms with van der Waals surface area (Å²) < 4.78 is 0. The van der Waals surface area contributed by atoms with Crippen LogP contribution in [0.25, 0.3) is 0 Å². The van der Waals surface area contributed by atoms with Gasteiger partial charge in [0.1, 0.15) is 5.69 Å². The van der Waals surface area contributed by atoms with Crippen molar-refractivity contribution < 1.29 is 14.7 Å². The summed E-state index contributed by atoms with van der Waals surface area (Å²) in [6.07, 6.45) is 2.16. The zero-order chi connectivity index (χ0) is 16.5. The minimum absolute atomic E-state index is 0.118. The van der Waals surface area contributed by atoms with Gasteiger partial charge >= 0.3 is 5.97 Å². The van der Waals surface area contributed by atoms with E-state index in [1.807, 2.05) is 6.92 Å². The SMILES string of the molecule is CCC(CCC(C)C(=O)O)CNC(=O)c1ccccc1N=O. The Morgan fingerprint density at radius 2 is 1.95 bits per heavy atom. The molecule has 22 heavy (non-hydrogen) atoms. The summed E-state index contributed by atoms with van der Waals surface area (Å²) >= 11 is 0. The first kappa shape index (κ1) is 17.8. The highest BCUT2D eigenvalue weighted by atomic mass is 16.4. The smallest absolute Gasteiger partial charge is 0.306 e. The molecule has 0 aromatic heterocycles. The van der Waals surface area contributed by atoms with E-state index >= 15 is 0 Å². The Kier molecular flexibility index (Phi) is 7.22. The van der Waals surface area contributed by atoms with Crippen LogP contribution in [0, 0.1) is 16.7 Å². The molecule has 2 atom stereocenters. The Bertz CT molecular complexity index is 531. The lowest BCUT2D eigenvalue weighted by atomic mass is 9.95. The molecule has 2 unspecified atom stereocenters. The van der Waals surface area contributed by atoms with E-state index in [-0.39, 0.29) is 29.0 Å². The predicted molar refractivity (Wildman–Crippen MR) is 84.0 cm³/mol. The van der Waals surface area contributed by atoms with Crippen molar-refractivity contribution in [1.82, 2.24) is 5.32 Å². The summed E-state index contributed by atoms with van der Waals surface area (Å²) in [6, 6.07) is 6.37. The van der Waals surface area contributed by atoms with Gasteiger partial charge in [0.05, 0.1) is 11.5 Å². The van der Waals surface area contributed by atoms with Gasteiger partial charge in [-0.25, -0.2) is 0 Å². The number of carbonyl (C=O) groups is 2. The molecule has 0 spiro atoms. The molecule has 1 rings (SSSR count). The second kappa shape index (κ2) is 8.92. The van der Waals surface area contributed by atoms with E-state index in [0.29, 0.717) is 13.0 Å². The normalized spacial score (nSPS) is 13.2. The van der Waals surface area contributed by atoms with Crippen molar-refractivity contribution in [3.63, 3.8) is 0 Å². The Labute approximate surface area is 129 Å². The number of carboxylic acid groups (broad SMARTS) is 1. The lowest BCUT2D eigenvalue weighted by Gasteiger charge is -2.17. The van der Waals surface area contributed by atoms with Crippen LogP contribution >= 0.6 is 0 Å². The van der Waals surface area contributed by atoms with Crippen LogP contribution < -0.4 is 5.32 Å². The third kappa shape index (κ3) is 5.27. The van der Waals surface area contributed by atoms with E-state index in [1.54, 1.807) is 25.1 Å². The van der Waals surface area contributed by atoms with E-state index in [4.69, 9.17) is 5.11 Å². The average Bonchev–Trinajstić information content (AvgIpc) is 2.54. The molecule has 0 radical (unpaired) electrons. The van der Waals surface area contributed by atoms with Gasteiger partial charge in [-0.05, 0) is 36.1 Å². The Morgan fingerprint density at radius 3 is 2.55 bits per heavy atom. The molecule has 6 heteroatoms. The second-order valence-electron chi connectivity index (χ2n) is 5.41. The molecule has 0 bridgehead atoms. The molecule has 0 saturated carbocycles. The molecular formula is C16H22N2O4. The molecule has 2 N–H and O–H groups in total. The maximum atomic E-state index is 12.1. The molecule has 0 aliphatic carbocycles. The number of rotatable bonds is 9. The van der Waals surface area contributed by atoms with Gasteiger partial charge in [-0.15, -0.1) is 4.91 Å². The van der Waals surface area contributed by atoms with Crippen LogP contribution in [0.15, 0.2) is 29.4 Å². The Balaban J connectivity index is 2.53. The fraction of sp³-hybridized carbons (Fsp3) is 0.500. The Morgan fingerprint density at radius 1 is 1.27 bits per heavy atom. The van der Waals surface area contributed by atoms with Gasteiger partial charge < -0.3 is 10.4 Å². The fourth-order valence-electron chi connectivity index (χ4n) is 2.14. The van der Waals surface area contributed by atoms with E-state index in [1.165, 1.54) is 6.07 Å². The van der Waals surface area contributed by atoms with Crippen LogP contribution in [0.3, 0.4) is 0 Å². The summed E-state index contributed by atoms with van der Waals surface area (Å²) in [5, 5.41) is 14.5. The van der Waals surface area contributed by atoms with Crippen molar-refractivity contribution in [2.24, 2.45) is 17.0 Å². The van der Waals surface area contributed by atoms with Gasteiger partial charge in [-0.2, -0.15) is 0 Å². The van der Waals surface area contributed by atoms with Crippen molar-refractivity contribution >= 4 is 17.6 Å². The molecule has 1 amide bonds. The van der Waals surface area contributed by atoms with Crippen LogP contribution in [0.1, 0.15) is 43.5 Å². The predicted octanol–water partition coefficient (Wildman–Crippen LogP) is 3.34. The van der Waals surface area contributed by atoms with Crippen LogP contribution in [-0.4, -0.2) is 23.5 Å². The monoisotopic (exact) mass is 306 g/mol. The van der Waals surface area contributed by atoms with Crippen molar-refractivity contribution in [3.8, 4) is 0 Å². The topological polar surface area (TPSA) is 95.8 Å². The standard InChI is InChI=1S/C16H22N2O4/c1-3-12(9-8-11(2)16(20)21)10-17-15(19)13-6-4-5-7-14(13)18-22/h4-7,11-12H,3,8-10H2,1-2H3,(H,17,19)(H,20,21). The summed E-state index contributed by atoms with van der Waals surface area (Å²) in [5.74, 6) is -1.31. The first-order chi connectivity index (χ1) is 10.5. The maximum Gasteiger partial charge on any atom is 0.306 e. The third-order valence-corrected chi connectivity index (χ3v) is 3.81. The van der Waals surface area contributed by atoms with Crippen molar-refractivity contribution in [1.29, 1.82) is 0 Å². The average molecular weight is 306 g/mol. The largest absolute Gasteiger partial charge is 0.481 e. The second-order valence-corrected chi connectivity index (χ2v) is 5.41. The maximum absolute atomic E-state index is 12.1. The lowest BCUT2D eigenvalue weighted by Crippen LogP contribution is -2.29. The van der Waals surface area contributed by atoms with Crippen LogP contribution in [-0.2, 0) is 4.79 Å². The molecule has 0 saturated heterocycles. The van der Waals surface area contributed by atoms with E-state index in [9.17, 15) is 14.5 Å². The van der Waals surface area contributed by atoms with Gasteiger partial charge in [0, 0.05) is 6.54 Å². The highest BCUT2D eigenvalue weighted by molar-refractivity contribution is 5.98. The zero-order valence-corrected chi connectivity index (χ0v) is 12.9. The zero-order valence-electron chi connectivity index (χ0n) is 12.9. The number of hydrogen-bond donors (Lipinski definition) is 2. The molecule has 1 aromatic rings. The fourth-order valence-corrected chi connectivity index (χ4v) is 2.14. The molecule has 1 aromatic carbocycles. The number of amides is 1. The van der Waals surface area contributed by atoms with Gasteiger partial charge in [0.2, 0.25) is 0 Å². The van der Waals surface area contributed by atoms with Crippen LogP contribution in [0.5, 0.6) is 0 Å². The lowest BCUT2D eigenvalue weighted by molar-refractivity contribution is -0.141. The van der Waals surface area contributed by atoms with Gasteiger partial charge in [0.25, 0.3) is 5.91 Å². The van der Waals surface area contributed by atoms with E-state index in [0.717, 1.165) is 12.8 Å². The summed E-state index contributed by atoms with van der Waals surface area (Å²) in [6.45, 7) is 4.14. The number of carboxylic acids is 1.